The number of carbonyl (C=O) groups excluding carboxylic acids is 2. The number of amides is 2. The van der Waals surface area contributed by atoms with Crippen molar-refractivity contribution in [3.8, 4) is 5.75 Å². The van der Waals surface area contributed by atoms with E-state index in [-0.39, 0.29) is 18.4 Å². The Hall–Kier alpha value is -2.12. The summed E-state index contributed by atoms with van der Waals surface area (Å²) in [6, 6.07) is 5.17. The number of nitrogens with zero attached hydrogens (tertiary/aromatic N) is 1. The van der Waals surface area contributed by atoms with Crippen LogP contribution in [0.15, 0.2) is 23.3 Å². The molecule has 0 aromatic heterocycles. The summed E-state index contributed by atoms with van der Waals surface area (Å²) in [5.74, 6) is 0.0347. The van der Waals surface area contributed by atoms with E-state index < -0.39 is 5.54 Å². The van der Waals surface area contributed by atoms with Crippen LogP contribution in [0.3, 0.4) is 0 Å². The predicted molar refractivity (Wildman–Crippen MR) is 92.1 cm³/mol. The summed E-state index contributed by atoms with van der Waals surface area (Å²) in [6.07, 6.45) is 0.950. The molecule has 0 spiro atoms. The maximum absolute atomic E-state index is 11.7. The first-order valence-corrected chi connectivity index (χ1v) is 7.96. The summed E-state index contributed by atoms with van der Waals surface area (Å²) in [5.41, 5.74) is 9.32. The van der Waals surface area contributed by atoms with E-state index in [1.807, 2.05) is 13.8 Å². The lowest BCUT2D eigenvalue weighted by atomic mass is 10.0. The van der Waals surface area contributed by atoms with Gasteiger partial charge in [0.05, 0.1) is 10.7 Å². The van der Waals surface area contributed by atoms with Crippen molar-refractivity contribution in [1.29, 1.82) is 0 Å². The molecule has 130 valence electrons. The van der Waals surface area contributed by atoms with Gasteiger partial charge >= 0.3 is 0 Å². The highest BCUT2D eigenvalue weighted by Crippen LogP contribution is 2.26. The smallest absolute Gasteiger partial charge is 0.258 e. The highest BCUT2D eigenvalue weighted by molar-refractivity contribution is 6.32. The van der Waals surface area contributed by atoms with Gasteiger partial charge in [-0.25, -0.2) is 5.43 Å². The largest absolute Gasteiger partial charge is 0.482 e. The molecular formula is C16H21ClN4O3. The fourth-order valence-electron chi connectivity index (χ4n) is 2.00. The first kappa shape index (κ1) is 18.2. The molecule has 1 heterocycles. The minimum atomic E-state index is -0.481. The molecule has 8 heteroatoms. The molecule has 1 aromatic rings. The van der Waals surface area contributed by atoms with Gasteiger partial charge < -0.3 is 15.8 Å². The Morgan fingerprint density at radius 3 is 2.79 bits per heavy atom. The van der Waals surface area contributed by atoms with Crippen LogP contribution in [0.25, 0.3) is 0 Å². The molecule has 0 saturated carbocycles. The minimum Gasteiger partial charge on any atom is -0.482 e. The number of nitrogens with two attached hydrogens (primary N) is 1. The Morgan fingerprint density at radius 2 is 2.21 bits per heavy atom. The maximum atomic E-state index is 11.7. The lowest BCUT2D eigenvalue weighted by molar-refractivity contribution is -0.123. The van der Waals surface area contributed by atoms with Gasteiger partial charge in [-0.3, -0.25) is 9.59 Å². The van der Waals surface area contributed by atoms with E-state index >= 15 is 0 Å². The van der Waals surface area contributed by atoms with Crippen LogP contribution in [0.1, 0.15) is 32.3 Å². The van der Waals surface area contributed by atoms with E-state index in [1.165, 1.54) is 0 Å². The zero-order valence-electron chi connectivity index (χ0n) is 13.7. The number of rotatable bonds is 6. The average molecular weight is 353 g/mol. The lowest BCUT2D eigenvalue weighted by Gasteiger charge is -2.19. The van der Waals surface area contributed by atoms with Crippen LogP contribution in [-0.4, -0.2) is 36.2 Å². The van der Waals surface area contributed by atoms with Gasteiger partial charge in [-0.05, 0) is 37.6 Å². The summed E-state index contributed by atoms with van der Waals surface area (Å²) < 4.78 is 5.43. The van der Waals surface area contributed by atoms with Gasteiger partial charge in [-0.1, -0.05) is 11.6 Å². The van der Waals surface area contributed by atoms with Crippen LogP contribution in [0, 0.1) is 0 Å². The van der Waals surface area contributed by atoms with Crippen molar-refractivity contribution < 1.29 is 14.3 Å². The molecule has 2 amide bonds. The van der Waals surface area contributed by atoms with E-state index in [4.69, 9.17) is 22.1 Å². The van der Waals surface area contributed by atoms with Crippen LogP contribution in [0.5, 0.6) is 5.75 Å². The highest BCUT2D eigenvalue weighted by Gasteiger charge is 2.16. The number of hydrogen-bond acceptors (Lipinski definition) is 5. The van der Waals surface area contributed by atoms with Crippen LogP contribution in [-0.2, 0) is 9.59 Å². The fourth-order valence-corrected chi connectivity index (χ4v) is 2.24. The second-order valence-electron chi connectivity index (χ2n) is 6.29. The zero-order valence-corrected chi connectivity index (χ0v) is 14.4. The van der Waals surface area contributed by atoms with Gasteiger partial charge in [0.2, 0.25) is 5.91 Å². The van der Waals surface area contributed by atoms with Crippen molar-refractivity contribution in [3.05, 3.63) is 28.8 Å². The van der Waals surface area contributed by atoms with Gasteiger partial charge in [0.25, 0.3) is 5.91 Å². The molecule has 0 aliphatic carbocycles. The van der Waals surface area contributed by atoms with Gasteiger partial charge in [0.15, 0.2) is 6.61 Å². The molecule has 4 N–H and O–H groups in total. The van der Waals surface area contributed by atoms with Crippen molar-refractivity contribution in [2.75, 3.05) is 13.2 Å². The fraction of sp³-hybridized carbons (Fsp3) is 0.438. The quantitative estimate of drug-likeness (QED) is 0.714. The number of nitrogens with one attached hydrogen (secondary N) is 2. The summed E-state index contributed by atoms with van der Waals surface area (Å²) in [6.45, 7) is 3.85. The molecule has 0 saturated heterocycles. The summed E-state index contributed by atoms with van der Waals surface area (Å²) >= 11 is 6.19. The Labute approximate surface area is 145 Å². The molecule has 0 fully saturated rings. The second-order valence-corrected chi connectivity index (χ2v) is 6.70. The van der Waals surface area contributed by atoms with Crippen molar-refractivity contribution in [1.82, 2.24) is 10.7 Å². The zero-order chi connectivity index (χ0) is 17.7. The number of halogens is 1. The third kappa shape index (κ3) is 5.50. The maximum Gasteiger partial charge on any atom is 0.258 e. The van der Waals surface area contributed by atoms with Crippen molar-refractivity contribution in [2.45, 2.75) is 32.2 Å². The summed E-state index contributed by atoms with van der Waals surface area (Å²) in [4.78, 5) is 22.8. The molecular weight excluding hydrogens is 332 g/mol. The van der Waals surface area contributed by atoms with Crippen LogP contribution < -0.4 is 21.2 Å². The predicted octanol–water partition coefficient (Wildman–Crippen LogP) is 1.19. The molecule has 2 rings (SSSR count). The van der Waals surface area contributed by atoms with Crippen LogP contribution in [0.4, 0.5) is 0 Å². The van der Waals surface area contributed by atoms with Crippen LogP contribution in [0.2, 0.25) is 5.02 Å². The lowest BCUT2D eigenvalue weighted by Crippen LogP contribution is -2.46. The molecule has 7 nitrogen and oxygen atoms in total. The third-order valence-corrected chi connectivity index (χ3v) is 3.56. The van der Waals surface area contributed by atoms with E-state index in [1.54, 1.807) is 18.2 Å². The SMILES string of the molecule is CC(C)(N)CNC(=O)COc1ccc(C2=NNC(=O)CC2)cc1Cl. The monoisotopic (exact) mass is 352 g/mol. The van der Waals surface area contributed by atoms with E-state index in [0.29, 0.717) is 30.2 Å². The van der Waals surface area contributed by atoms with Crippen molar-refractivity contribution in [2.24, 2.45) is 10.8 Å². The first-order chi connectivity index (χ1) is 11.2. The van der Waals surface area contributed by atoms with Gasteiger partial charge in [-0.2, -0.15) is 5.10 Å². The van der Waals surface area contributed by atoms with Gasteiger partial charge in [0.1, 0.15) is 5.75 Å². The van der Waals surface area contributed by atoms with Crippen molar-refractivity contribution >= 4 is 29.1 Å². The highest BCUT2D eigenvalue weighted by atomic mass is 35.5. The van der Waals surface area contributed by atoms with Crippen LogP contribution >= 0.6 is 11.6 Å². The molecule has 1 aliphatic heterocycles. The van der Waals surface area contributed by atoms with E-state index in [9.17, 15) is 9.59 Å². The second kappa shape index (κ2) is 7.63. The Balaban J connectivity index is 1.93. The molecule has 1 aliphatic rings. The van der Waals surface area contributed by atoms with Gasteiger partial charge in [-0.15, -0.1) is 0 Å². The van der Waals surface area contributed by atoms with Gasteiger partial charge in [0, 0.05) is 24.9 Å². The van der Waals surface area contributed by atoms with Crippen molar-refractivity contribution in [3.63, 3.8) is 0 Å². The molecule has 0 radical (unpaired) electrons. The number of carbonyl (C=O) groups is 2. The summed E-state index contributed by atoms with van der Waals surface area (Å²) in [7, 11) is 0. The van der Waals surface area contributed by atoms with E-state index in [0.717, 1.165) is 11.3 Å². The molecule has 0 bridgehead atoms. The average Bonchev–Trinajstić information content (AvgIpc) is 2.52. The third-order valence-electron chi connectivity index (χ3n) is 3.27. The Morgan fingerprint density at radius 1 is 1.46 bits per heavy atom. The van der Waals surface area contributed by atoms with E-state index in [2.05, 4.69) is 15.8 Å². The molecule has 1 aromatic carbocycles. The molecule has 0 atom stereocenters. The first-order valence-electron chi connectivity index (χ1n) is 7.58. The summed E-state index contributed by atoms with van der Waals surface area (Å²) in [5, 5.41) is 7.08. The number of benzene rings is 1. The number of ether oxygens (including phenoxy) is 1. The normalized spacial score (nSPS) is 14.7. The number of hydrogen-bond donors (Lipinski definition) is 3. The Kier molecular flexibility index (Phi) is 5.80. The minimum absolute atomic E-state index is 0.100. The topological polar surface area (TPSA) is 106 Å². The Bertz CT molecular complexity index is 668. The molecule has 24 heavy (non-hydrogen) atoms. The number of hydrazone groups is 1. The standard InChI is InChI=1S/C16H21ClN4O3/c1-16(2,18)9-19-15(23)8-24-13-5-3-10(7-11(13)17)12-4-6-14(22)21-20-12/h3,5,7H,4,6,8-9,18H2,1-2H3,(H,19,23)(H,21,22). The molecule has 0 unspecified atom stereocenters.